The zero-order chi connectivity index (χ0) is 8.39. The highest BCUT2D eigenvalue weighted by atomic mass is 32.1. The maximum atomic E-state index is 5.96. The summed E-state index contributed by atoms with van der Waals surface area (Å²) >= 11 is 1.58. The molecule has 1 aromatic heterocycles. The van der Waals surface area contributed by atoms with Gasteiger partial charge in [0.1, 0.15) is 0 Å². The minimum Gasteiger partial charge on any atom is -0.376 e. The van der Waals surface area contributed by atoms with Gasteiger partial charge in [0.15, 0.2) is 0 Å². The lowest BCUT2D eigenvalue weighted by Gasteiger charge is -2.15. The van der Waals surface area contributed by atoms with E-state index in [-0.39, 0.29) is 12.1 Å². The van der Waals surface area contributed by atoms with Gasteiger partial charge in [-0.15, -0.1) is 11.3 Å². The van der Waals surface area contributed by atoms with Crippen LogP contribution in [0.4, 0.5) is 0 Å². The van der Waals surface area contributed by atoms with Gasteiger partial charge in [0.25, 0.3) is 0 Å². The lowest BCUT2D eigenvalue weighted by atomic mass is 10.1. The zero-order valence-corrected chi connectivity index (χ0v) is 7.59. The van der Waals surface area contributed by atoms with Crippen LogP contribution in [-0.4, -0.2) is 17.7 Å². The van der Waals surface area contributed by atoms with Crippen LogP contribution in [0, 0.1) is 0 Å². The fourth-order valence-electron chi connectivity index (χ4n) is 1.46. The van der Waals surface area contributed by atoms with Crippen molar-refractivity contribution in [3.63, 3.8) is 0 Å². The number of ether oxygens (including phenoxy) is 1. The van der Waals surface area contributed by atoms with Gasteiger partial charge in [-0.1, -0.05) is 0 Å². The van der Waals surface area contributed by atoms with Gasteiger partial charge in [0.2, 0.25) is 0 Å². The first kappa shape index (κ1) is 8.16. The van der Waals surface area contributed by atoms with Crippen LogP contribution in [0.25, 0.3) is 0 Å². The summed E-state index contributed by atoms with van der Waals surface area (Å²) in [6.45, 7) is 0.850. The fourth-order valence-corrected chi connectivity index (χ4v) is 2.06. The number of rotatable bonds is 2. The molecule has 0 bridgehead atoms. The molecule has 2 heterocycles. The van der Waals surface area contributed by atoms with Crippen LogP contribution in [-0.2, 0) is 4.74 Å². The highest BCUT2D eigenvalue weighted by Crippen LogP contribution is 2.24. The van der Waals surface area contributed by atoms with Crippen molar-refractivity contribution in [2.75, 3.05) is 6.61 Å². The van der Waals surface area contributed by atoms with Gasteiger partial charge < -0.3 is 10.5 Å². The summed E-state index contributed by atoms with van der Waals surface area (Å²) in [5.74, 6) is 0. The second-order valence-corrected chi connectivity index (χ2v) is 3.71. The van der Waals surface area contributed by atoms with Crippen molar-refractivity contribution in [1.29, 1.82) is 0 Å². The van der Waals surface area contributed by atoms with E-state index in [1.165, 1.54) is 0 Å². The Labute approximate surface area is 75.6 Å². The third-order valence-corrected chi connectivity index (χ3v) is 2.76. The highest BCUT2D eigenvalue weighted by Gasteiger charge is 2.24. The van der Waals surface area contributed by atoms with Gasteiger partial charge in [-0.05, 0) is 12.8 Å². The molecule has 0 radical (unpaired) electrons. The molecule has 1 saturated heterocycles. The summed E-state index contributed by atoms with van der Waals surface area (Å²) < 4.78 is 5.48. The highest BCUT2D eigenvalue weighted by molar-refractivity contribution is 7.07. The molecule has 3 nitrogen and oxygen atoms in total. The predicted molar refractivity (Wildman–Crippen MR) is 48.0 cm³/mol. The van der Waals surface area contributed by atoms with Crippen molar-refractivity contribution < 1.29 is 4.74 Å². The van der Waals surface area contributed by atoms with Gasteiger partial charge in [0, 0.05) is 12.0 Å². The van der Waals surface area contributed by atoms with Gasteiger partial charge in [-0.2, -0.15) is 0 Å². The molecule has 2 rings (SSSR count). The second kappa shape index (κ2) is 3.51. The maximum absolute atomic E-state index is 5.96. The summed E-state index contributed by atoms with van der Waals surface area (Å²) in [7, 11) is 0. The summed E-state index contributed by atoms with van der Waals surface area (Å²) in [5, 5.41) is 1.99. The van der Waals surface area contributed by atoms with Crippen molar-refractivity contribution in [3.8, 4) is 0 Å². The molecule has 2 N–H and O–H groups in total. The van der Waals surface area contributed by atoms with E-state index in [1.54, 1.807) is 11.3 Å². The van der Waals surface area contributed by atoms with E-state index in [0.29, 0.717) is 0 Å². The topological polar surface area (TPSA) is 48.1 Å². The fraction of sp³-hybridized carbons (Fsp3) is 0.625. The Hall–Kier alpha value is -0.450. The van der Waals surface area contributed by atoms with Crippen molar-refractivity contribution in [3.05, 3.63) is 16.6 Å². The Morgan fingerprint density at radius 3 is 3.25 bits per heavy atom. The Bertz CT molecular complexity index is 231. The first-order valence-corrected chi connectivity index (χ1v) is 5.07. The average molecular weight is 184 g/mol. The zero-order valence-electron chi connectivity index (χ0n) is 6.77. The van der Waals surface area contributed by atoms with Crippen molar-refractivity contribution in [1.82, 2.24) is 4.98 Å². The summed E-state index contributed by atoms with van der Waals surface area (Å²) in [6.07, 6.45) is 2.38. The van der Waals surface area contributed by atoms with Gasteiger partial charge in [-0.25, -0.2) is 4.98 Å². The van der Waals surface area contributed by atoms with Crippen LogP contribution in [0.3, 0.4) is 0 Å². The number of hydrogen-bond acceptors (Lipinski definition) is 4. The molecule has 66 valence electrons. The maximum Gasteiger partial charge on any atom is 0.0795 e. The molecule has 1 aromatic rings. The lowest BCUT2D eigenvalue weighted by Crippen LogP contribution is -2.25. The molecule has 4 heteroatoms. The molecule has 2 unspecified atom stereocenters. The van der Waals surface area contributed by atoms with E-state index in [9.17, 15) is 0 Å². The largest absolute Gasteiger partial charge is 0.376 e. The van der Waals surface area contributed by atoms with Crippen molar-refractivity contribution >= 4 is 11.3 Å². The molecule has 1 aliphatic heterocycles. The third kappa shape index (κ3) is 1.50. The van der Waals surface area contributed by atoms with E-state index >= 15 is 0 Å². The molecule has 0 aromatic carbocycles. The van der Waals surface area contributed by atoms with Crippen LogP contribution in [0.2, 0.25) is 0 Å². The molecule has 0 aliphatic carbocycles. The Morgan fingerprint density at radius 1 is 1.75 bits per heavy atom. The molecule has 0 amide bonds. The predicted octanol–water partition coefficient (Wildman–Crippen LogP) is 1.32. The van der Waals surface area contributed by atoms with Crippen LogP contribution < -0.4 is 5.73 Å². The minimum atomic E-state index is -0.0289. The van der Waals surface area contributed by atoms with Crippen LogP contribution in [0.5, 0.6) is 0 Å². The van der Waals surface area contributed by atoms with Crippen LogP contribution >= 0.6 is 11.3 Å². The number of nitrogens with two attached hydrogens (primary N) is 1. The Kier molecular flexibility index (Phi) is 2.39. The van der Waals surface area contributed by atoms with Crippen LogP contribution in [0.1, 0.15) is 24.6 Å². The standard InChI is InChI=1S/C8H12N2OS/c9-8(6-4-12-5-10-6)7-2-1-3-11-7/h4-5,7-8H,1-3,9H2. The van der Waals surface area contributed by atoms with E-state index in [1.807, 2.05) is 10.9 Å². The number of thiazole rings is 1. The summed E-state index contributed by atoms with van der Waals surface area (Å²) in [4.78, 5) is 4.17. The number of hydrogen-bond donors (Lipinski definition) is 1. The second-order valence-electron chi connectivity index (χ2n) is 2.99. The lowest BCUT2D eigenvalue weighted by molar-refractivity contribution is 0.0891. The summed E-state index contributed by atoms with van der Waals surface area (Å²) in [5.41, 5.74) is 8.74. The van der Waals surface area contributed by atoms with E-state index in [0.717, 1.165) is 25.1 Å². The molecular formula is C8H12N2OS. The normalized spacial score (nSPS) is 25.9. The van der Waals surface area contributed by atoms with E-state index in [2.05, 4.69) is 4.98 Å². The van der Waals surface area contributed by atoms with Crippen molar-refractivity contribution in [2.45, 2.75) is 25.0 Å². The molecule has 0 saturated carbocycles. The third-order valence-electron chi connectivity index (χ3n) is 2.16. The quantitative estimate of drug-likeness (QED) is 0.754. The first-order chi connectivity index (χ1) is 5.88. The van der Waals surface area contributed by atoms with Gasteiger partial charge in [-0.3, -0.25) is 0 Å². The SMILES string of the molecule is NC(c1cscn1)C1CCCO1. The summed E-state index contributed by atoms with van der Waals surface area (Å²) in [6, 6.07) is -0.0289. The molecule has 1 fully saturated rings. The number of aromatic nitrogens is 1. The molecule has 0 spiro atoms. The monoisotopic (exact) mass is 184 g/mol. The Morgan fingerprint density at radius 2 is 2.67 bits per heavy atom. The number of nitrogens with zero attached hydrogens (tertiary/aromatic N) is 1. The molecule has 12 heavy (non-hydrogen) atoms. The van der Waals surface area contributed by atoms with E-state index in [4.69, 9.17) is 10.5 Å². The minimum absolute atomic E-state index is 0.0289. The molecule has 1 aliphatic rings. The molecular weight excluding hydrogens is 172 g/mol. The van der Waals surface area contributed by atoms with Crippen LogP contribution in [0.15, 0.2) is 10.9 Å². The average Bonchev–Trinajstić information content (AvgIpc) is 2.77. The van der Waals surface area contributed by atoms with Gasteiger partial charge in [0.05, 0.1) is 23.4 Å². The molecule has 2 atom stereocenters. The van der Waals surface area contributed by atoms with E-state index < -0.39 is 0 Å². The van der Waals surface area contributed by atoms with Crippen molar-refractivity contribution in [2.24, 2.45) is 5.73 Å². The Balaban J connectivity index is 2.04. The smallest absolute Gasteiger partial charge is 0.0795 e. The van der Waals surface area contributed by atoms with Gasteiger partial charge >= 0.3 is 0 Å². The first-order valence-electron chi connectivity index (χ1n) is 4.13.